The minimum Gasteiger partial charge on any atom is -0.381 e. The molecule has 2 amide bonds. The van der Waals surface area contributed by atoms with Gasteiger partial charge in [0.15, 0.2) is 5.82 Å². The van der Waals surface area contributed by atoms with Crippen LogP contribution in [0.1, 0.15) is 41.3 Å². The summed E-state index contributed by atoms with van der Waals surface area (Å²) in [5.41, 5.74) is 9.21. The minimum absolute atomic E-state index is 0.0822. The van der Waals surface area contributed by atoms with Crippen LogP contribution in [0.25, 0.3) is 0 Å². The summed E-state index contributed by atoms with van der Waals surface area (Å²) in [6.45, 7) is 0.518. The summed E-state index contributed by atoms with van der Waals surface area (Å²) < 4.78 is 0. The third kappa shape index (κ3) is 3.33. The minimum atomic E-state index is -0.165. The van der Waals surface area contributed by atoms with Crippen molar-refractivity contribution in [2.24, 2.45) is 0 Å². The lowest BCUT2D eigenvalue weighted by molar-refractivity contribution is 0.237. The number of H-pyrrole nitrogens is 1. The third-order valence-corrected chi connectivity index (χ3v) is 4.31. The fourth-order valence-corrected chi connectivity index (χ4v) is 3.08. The van der Waals surface area contributed by atoms with E-state index in [1.165, 1.54) is 11.1 Å². The number of hydrogen-bond donors (Lipinski definition) is 4. The van der Waals surface area contributed by atoms with Crippen LogP contribution >= 0.6 is 0 Å². The molecule has 5 N–H and O–H groups in total. The summed E-state index contributed by atoms with van der Waals surface area (Å²) in [4.78, 5) is 12.0. The van der Waals surface area contributed by atoms with Gasteiger partial charge in [-0.3, -0.25) is 5.10 Å². The maximum atomic E-state index is 12.0. The third-order valence-electron chi connectivity index (χ3n) is 4.31. The zero-order valence-corrected chi connectivity index (χ0v) is 13.3. The van der Waals surface area contributed by atoms with Gasteiger partial charge in [-0.2, -0.15) is 10.4 Å². The van der Waals surface area contributed by atoms with Crippen molar-refractivity contribution < 1.29 is 4.79 Å². The van der Waals surface area contributed by atoms with Gasteiger partial charge in [0.05, 0.1) is 11.7 Å². The number of hydrogen-bond acceptors (Lipinski definition) is 4. The van der Waals surface area contributed by atoms with Crippen LogP contribution in [0.15, 0.2) is 24.3 Å². The molecule has 1 atom stereocenters. The largest absolute Gasteiger partial charge is 0.381 e. The number of nitrogens with two attached hydrogens (primary N) is 1. The van der Waals surface area contributed by atoms with Crippen molar-refractivity contribution in [3.63, 3.8) is 0 Å². The molecule has 0 radical (unpaired) electrons. The van der Waals surface area contributed by atoms with Crippen molar-refractivity contribution in [1.82, 2.24) is 20.8 Å². The van der Waals surface area contributed by atoms with Crippen LogP contribution < -0.4 is 16.4 Å². The summed E-state index contributed by atoms with van der Waals surface area (Å²) in [6, 6.07) is 10.2. The number of aromatic amines is 1. The second-order valence-corrected chi connectivity index (χ2v) is 5.87. The maximum absolute atomic E-state index is 12.0. The van der Waals surface area contributed by atoms with Gasteiger partial charge in [-0.25, -0.2) is 4.79 Å². The number of rotatable bonds is 5. The van der Waals surface area contributed by atoms with Crippen LogP contribution in [-0.2, 0) is 12.8 Å². The highest BCUT2D eigenvalue weighted by Gasteiger charge is 2.23. The molecule has 1 heterocycles. The fraction of sp³-hybridized carbons (Fsp3) is 0.353. The number of nitrogen functional groups attached to an aromatic ring is 1. The Kier molecular flexibility index (Phi) is 4.66. The molecule has 2 aromatic rings. The SMILES string of the molecule is N#Cc1c(N)n[nH]c1CCCNC(=O)N[C@@H]1CCc2ccccc21. The van der Waals surface area contributed by atoms with Crippen LogP contribution in [0.5, 0.6) is 0 Å². The molecule has 0 saturated heterocycles. The van der Waals surface area contributed by atoms with E-state index in [1.807, 2.05) is 18.2 Å². The molecule has 1 aromatic carbocycles. The molecule has 7 heteroatoms. The number of amides is 2. The zero-order valence-electron chi connectivity index (χ0n) is 13.3. The van der Waals surface area contributed by atoms with Crippen molar-refractivity contribution in [1.29, 1.82) is 5.26 Å². The number of benzene rings is 1. The molecule has 0 unspecified atom stereocenters. The number of nitriles is 1. The lowest BCUT2D eigenvalue weighted by atomic mass is 10.1. The topological polar surface area (TPSA) is 120 Å². The number of anilines is 1. The fourth-order valence-electron chi connectivity index (χ4n) is 3.08. The number of nitrogens with zero attached hydrogens (tertiary/aromatic N) is 2. The highest BCUT2D eigenvalue weighted by Crippen LogP contribution is 2.30. The van der Waals surface area contributed by atoms with Crippen molar-refractivity contribution in [2.75, 3.05) is 12.3 Å². The van der Waals surface area contributed by atoms with Gasteiger partial charge in [0.25, 0.3) is 0 Å². The number of aryl methyl sites for hydroxylation is 2. The highest BCUT2D eigenvalue weighted by atomic mass is 16.2. The Morgan fingerprint density at radius 1 is 1.46 bits per heavy atom. The summed E-state index contributed by atoms with van der Waals surface area (Å²) in [6.07, 6.45) is 3.25. The number of carbonyl (C=O) groups is 1. The average Bonchev–Trinajstić information content (AvgIpc) is 3.15. The summed E-state index contributed by atoms with van der Waals surface area (Å²) >= 11 is 0. The molecule has 0 aliphatic heterocycles. The molecule has 24 heavy (non-hydrogen) atoms. The Morgan fingerprint density at radius 2 is 2.29 bits per heavy atom. The number of nitrogens with one attached hydrogen (secondary N) is 3. The van der Waals surface area contributed by atoms with Crippen molar-refractivity contribution in [2.45, 2.75) is 31.7 Å². The van der Waals surface area contributed by atoms with Crippen LogP contribution in [-0.4, -0.2) is 22.8 Å². The van der Waals surface area contributed by atoms with Gasteiger partial charge in [-0.05, 0) is 36.8 Å². The Balaban J connectivity index is 1.43. The van der Waals surface area contributed by atoms with E-state index in [4.69, 9.17) is 11.0 Å². The molecule has 0 spiro atoms. The van der Waals surface area contributed by atoms with Crippen molar-refractivity contribution in [3.05, 3.63) is 46.6 Å². The van der Waals surface area contributed by atoms with Crippen molar-refractivity contribution in [3.8, 4) is 6.07 Å². The van der Waals surface area contributed by atoms with Crippen molar-refractivity contribution >= 4 is 11.8 Å². The van der Waals surface area contributed by atoms with Crippen LogP contribution in [0.3, 0.4) is 0 Å². The van der Waals surface area contributed by atoms with Gasteiger partial charge in [0.2, 0.25) is 0 Å². The Morgan fingerprint density at radius 3 is 3.12 bits per heavy atom. The molecule has 0 saturated carbocycles. The highest BCUT2D eigenvalue weighted by molar-refractivity contribution is 5.74. The van der Waals surface area contributed by atoms with E-state index in [0.29, 0.717) is 30.6 Å². The van der Waals surface area contributed by atoms with Gasteiger partial charge in [-0.1, -0.05) is 24.3 Å². The summed E-state index contributed by atoms with van der Waals surface area (Å²) in [5, 5.41) is 21.5. The molecule has 1 aromatic heterocycles. The molecule has 3 rings (SSSR count). The molecule has 7 nitrogen and oxygen atoms in total. The summed E-state index contributed by atoms with van der Waals surface area (Å²) in [7, 11) is 0. The maximum Gasteiger partial charge on any atom is 0.315 e. The van der Waals surface area contributed by atoms with E-state index >= 15 is 0 Å². The van der Waals surface area contributed by atoms with E-state index in [1.54, 1.807) is 0 Å². The van der Waals surface area contributed by atoms with Crippen LogP contribution in [0.2, 0.25) is 0 Å². The molecule has 1 aliphatic rings. The monoisotopic (exact) mass is 324 g/mol. The number of carbonyl (C=O) groups excluding carboxylic acids is 1. The van der Waals surface area contributed by atoms with Gasteiger partial charge < -0.3 is 16.4 Å². The quantitative estimate of drug-likeness (QED) is 0.627. The summed E-state index contributed by atoms with van der Waals surface area (Å²) in [5.74, 6) is 0.220. The first-order valence-electron chi connectivity index (χ1n) is 8.04. The number of aromatic nitrogens is 2. The first-order valence-corrected chi connectivity index (χ1v) is 8.04. The van der Waals surface area contributed by atoms with E-state index in [0.717, 1.165) is 12.8 Å². The Hall–Kier alpha value is -3.01. The van der Waals surface area contributed by atoms with E-state index in [-0.39, 0.29) is 17.9 Å². The second-order valence-electron chi connectivity index (χ2n) is 5.87. The van der Waals surface area contributed by atoms with Gasteiger partial charge >= 0.3 is 6.03 Å². The normalized spacial score (nSPS) is 15.5. The predicted octanol–water partition coefficient (Wildman–Crippen LogP) is 1.78. The van der Waals surface area contributed by atoms with Gasteiger partial charge in [-0.15, -0.1) is 0 Å². The molecule has 0 bridgehead atoms. The first kappa shape index (κ1) is 15.9. The molecule has 124 valence electrons. The smallest absolute Gasteiger partial charge is 0.315 e. The van der Waals surface area contributed by atoms with E-state index < -0.39 is 0 Å². The zero-order chi connectivity index (χ0) is 16.9. The second kappa shape index (κ2) is 7.04. The number of fused-ring (bicyclic) bond motifs is 1. The standard InChI is InChI=1S/C17H20N6O/c18-10-13-15(22-23-16(13)19)6-3-9-20-17(24)21-14-8-7-11-4-1-2-5-12(11)14/h1-2,4-5,14H,3,6-9H2,(H3,19,22,23)(H2,20,21,24)/t14-/m1/s1. The van der Waals surface area contributed by atoms with E-state index in [2.05, 4.69) is 33.0 Å². The van der Waals surface area contributed by atoms with Gasteiger partial charge in [0.1, 0.15) is 11.6 Å². The lowest BCUT2D eigenvalue weighted by Gasteiger charge is -2.14. The average molecular weight is 324 g/mol. The Bertz CT molecular complexity index is 776. The van der Waals surface area contributed by atoms with Crippen LogP contribution in [0.4, 0.5) is 10.6 Å². The first-order chi connectivity index (χ1) is 11.7. The molecule has 0 fully saturated rings. The van der Waals surface area contributed by atoms with Crippen LogP contribution in [0, 0.1) is 11.3 Å². The lowest BCUT2D eigenvalue weighted by Crippen LogP contribution is -2.37. The molecule has 1 aliphatic carbocycles. The molecular weight excluding hydrogens is 304 g/mol. The predicted molar refractivity (Wildman–Crippen MR) is 90.1 cm³/mol. The number of urea groups is 1. The van der Waals surface area contributed by atoms with Gasteiger partial charge in [0, 0.05) is 6.54 Å². The Labute approximate surface area is 140 Å². The molecular formula is C17H20N6O. The van der Waals surface area contributed by atoms with E-state index in [9.17, 15) is 4.79 Å².